The van der Waals surface area contributed by atoms with Gasteiger partial charge in [0.05, 0.1) is 26.7 Å². The zero-order chi connectivity index (χ0) is 33.4. The van der Waals surface area contributed by atoms with Gasteiger partial charge in [-0.05, 0) is 33.4 Å². The first-order valence-corrected chi connectivity index (χ1v) is 17.8. The number of hydrogen-bond acceptors (Lipinski definition) is 6. The topological polar surface area (TPSA) is 86.7 Å². The van der Waals surface area contributed by atoms with Crippen molar-refractivity contribution in [1.29, 1.82) is 0 Å². The zero-order valence-corrected chi connectivity index (χ0v) is 28.6. The van der Waals surface area contributed by atoms with Gasteiger partial charge in [0.2, 0.25) is 0 Å². The Morgan fingerprint density at radius 3 is 0.818 bits per heavy atom. The molecule has 0 saturated carbocycles. The molecule has 0 saturated heterocycles. The van der Waals surface area contributed by atoms with E-state index in [9.17, 15) is 16.8 Å². The predicted octanol–water partition coefficient (Wildman–Crippen LogP) is 8.93. The molecule has 4 rings (SSSR count). The Bertz CT molecular complexity index is 1440. The molecule has 0 aromatic heterocycles. The second-order valence-corrected chi connectivity index (χ2v) is 12.0. The smallest absolute Gasteiger partial charge is 0.264 e. The van der Waals surface area contributed by atoms with Gasteiger partial charge in [-0.3, -0.25) is 8.37 Å². The molecule has 238 valence electrons. The fourth-order valence-corrected chi connectivity index (χ4v) is 3.09. The van der Waals surface area contributed by atoms with E-state index >= 15 is 0 Å². The minimum absolute atomic E-state index is 0.993. The van der Waals surface area contributed by atoms with E-state index in [2.05, 4.69) is 130 Å². The molecule has 4 aromatic carbocycles. The molecule has 0 aliphatic rings. The van der Waals surface area contributed by atoms with E-state index in [1.807, 2.05) is 39.8 Å². The fourth-order valence-electron chi connectivity index (χ4n) is 3.09. The zero-order valence-electron chi connectivity index (χ0n) is 27.0. The first kappa shape index (κ1) is 40.2. The Morgan fingerprint density at radius 2 is 0.614 bits per heavy atom. The molecule has 0 fully saturated rings. The average molecular weight is 639 g/mol. The van der Waals surface area contributed by atoms with E-state index in [1.165, 1.54) is 33.4 Å². The standard InChI is InChI=1S/C28H22.2C2H6O3S.2C2H6/c1-3-7-23(8-4-1)11-13-25-15-19-27(20-16-25)28-21-17-26(18-22-28)14-12-24-9-5-2-6-10-24;2*1-5-6(2,3)4;2*1-2/h1-22H;2*1-2H3;2*1-2H3/b13-11+,14-12+;;;;. The van der Waals surface area contributed by atoms with Crippen molar-refractivity contribution in [2.24, 2.45) is 0 Å². The van der Waals surface area contributed by atoms with Gasteiger partial charge >= 0.3 is 0 Å². The van der Waals surface area contributed by atoms with Crippen molar-refractivity contribution in [3.8, 4) is 11.1 Å². The van der Waals surface area contributed by atoms with E-state index in [4.69, 9.17) is 0 Å². The first-order chi connectivity index (χ1) is 21.0. The summed E-state index contributed by atoms with van der Waals surface area (Å²) in [6, 6.07) is 38.1. The lowest BCUT2D eigenvalue weighted by atomic mass is 10.0. The minimum atomic E-state index is -3.16. The van der Waals surface area contributed by atoms with Gasteiger partial charge in [-0.2, -0.15) is 16.8 Å². The highest BCUT2D eigenvalue weighted by molar-refractivity contribution is 7.86. The molecule has 0 amide bonds. The van der Waals surface area contributed by atoms with E-state index in [1.54, 1.807) is 0 Å². The second-order valence-electron chi connectivity index (χ2n) is 8.47. The molecule has 6 nitrogen and oxygen atoms in total. The van der Waals surface area contributed by atoms with Crippen molar-refractivity contribution in [3.05, 3.63) is 131 Å². The van der Waals surface area contributed by atoms with Crippen LogP contribution in [0.2, 0.25) is 0 Å². The summed E-state index contributed by atoms with van der Waals surface area (Å²) in [4.78, 5) is 0. The molecule has 0 aliphatic carbocycles. The van der Waals surface area contributed by atoms with Crippen molar-refractivity contribution in [3.63, 3.8) is 0 Å². The quantitative estimate of drug-likeness (QED) is 0.148. The highest BCUT2D eigenvalue weighted by Gasteiger charge is 1.98. The third-order valence-corrected chi connectivity index (χ3v) is 6.51. The van der Waals surface area contributed by atoms with Crippen molar-refractivity contribution in [1.82, 2.24) is 0 Å². The molecule has 0 N–H and O–H groups in total. The predicted molar refractivity (Wildman–Crippen MR) is 189 cm³/mol. The van der Waals surface area contributed by atoms with E-state index in [0.29, 0.717) is 0 Å². The van der Waals surface area contributed by atoms with Crippen LogP contribution in [0.4, 0.5) is 0 Å². The molecular weight excluding hydrogens is 593 g/mol. The molecule has 0 bridgehead atoms. The Kier molecular flexibility index (Phi) is 20.7. The highest BCUT2D eigenvalue weighted by atomic mass is 32.2. The van der Waals surface area contributed by atoms with Gasteiger partial charge in [-0.1, -0.05) is 161 Å². The lowest BCUT2D eigenvalue weighted by molar-refractivity contribution is 0.402. The van der Waals surface area contributed by atoms with Crippen LogP contribution in [-0.2, 0) is 28.6 Å². The van der Waals surface area contributed by atoms with Gasteiger partial charge in [0.25, 0.3) is 20.2 Å². The van der Waals surface area contributed by atoms with Crippen LogP contribution >= 0.6 is 0 Å². The SMILES string of the molecule is C(=C\c1ccc(-c2ccc(/C=C/c3ccccc3)cc2)cc1)/c1ccccc1.CC.CC.COS(C)(=O)=O.COS(C)(=O)=O. The minimum Gasteiger partial charge on any atom is -0.274 e. The molecule has 44 heavy (non-hydrogen) atoms. The Hall–Kier alpha value is -3.82. The van der Waals surface area contributed by atoms with Crippen LogP contribution in [0.1, 0.15) is 49.9 Å². The van der Waals surface area contributed by atoms with Crippen LogP contribution < -0.4 is 0 Å². The third-order valence-electron chi connectivity index (χ3n) is 5.30. The summed E-state index contributed by atoms with van der Waals surface area (Å²) in [5, 5.41) is 0. The summed E-state index contributed by atoms with van der Waals surface area (Å²) in [6.07, 6.45) is 10.6. The van der Waals surface area contributed by atoms with Gasteiger partial charge in [0.1, 0.15) is 0 Å². The first-order valence-electron chi connectivity index (χ1n) is 14.2. The van der Waals surface area contributed by atoms with Crippen LogP contribution in [0.3, 0.4) is 0 Å². The summed E-state index contributed by atoms with van der Waals surface area (Å²) in [5.41, 5.74) is 7.30. The summed E-state index contributed by atoms with van der Waals surface area (Å²) >= 11 is 0. The summed E-state index contributed by atoms with van der Waals surface area (Å²) < 4.78 is 46.9. The summed E-state index contributed by atoms with van der Waals surface area (Å²) in [5.74, 6) is 0. The van der Waals surface area contributed by atoms with Crippen molar-refractivity contribution < 1.29 is 25.2 Å². The third kappa shape index (κ3) is 19.4. The fraction of sp³-hybridized carbons (Fsp3) is 0.222. The lowest BCUT2D eigenvalue weighted by Crippen LogP contribution is -1.95. The van der Waals surface area contributed by atoms with Crippen molar-refractivity contribution in [2.45, 2.75) is 27.7 Å². The molecule has 0 atom stereocenters. The van der Waals surface area contributed by atoms with Crippen LogP contribution in [0.5, 0.6) is 0 Å². The van der Waals surface area contributed by atoms with Gasteiger partial charge < -0.3 is 0 Å². The molecule has 0 spiro atoms. The van der Waals surface area contributed by atoms with Gasteiger partial charge in [-0.25, -0.2) is 0 Å². The molecular formula is C36H46O6S2. The van der Waals surface area contributed by atoms with Crippen LogP contribution in [-0.4, -0.2) is 43.6 Å². The number of benzene rings is 4. The van der Waals surface area contributed by atoms with Crippen molar-refractivity contribution in [2.75, 3.05) is 26.7 Å². The Labute approximate surface area is 266 Å². The Balaban J connectivity index is 0.000000967. The summed E-state index contributed by atoms with van der Waals surface area (Å²) in [6.45, 7) is 8.00. The largest absolute Gasteiger partial charge is 0.274 e. The number of hydrogen-bond donors (Lipinski definition) is 0. The summed E-state index contributed by atoms with van der Waals surface area (Å²) in [7, 11) is -4.08. The molecule has 0 radical (unpaired) electrons. The van der Waals surface area contributed by atoms with E-state index in [0.717, 1.165) is 26.7 Å². The molecule has 0 unspecified atom stereocenters. The van der Waals surface area contributed by atoms with E-state index in [-0.39, 0.29) is 0 Å². The Morgan fingerprint density at radius 1 is 0.409 bits per heavy atom. The molecule has 4 aromatic rings. The van der Waals surface area contributed by atoms with Gasteiger partial charge in [0, 0.05) is 0 Å². The molecule has 0 heterocycles. The van der Waals surface area contributed by atoms with Crippen LogP contribution in [0.25, 0.3) is 35.4 Å². The lowest BCUT2D eigenvalue weighted by Gasteiger charge is -2.03. The molecule has 8 heteroatoms. The maximum Gasteiger partial charge on any atom is 0.264 e. The van der Waals surface area contributed by atoms with Crippen LogP contribution in [0.15, 0.2) is 109 Å². The van der Waals surface area contributed by atoms with Crippen LogP contribution in [0, 0.1) is 0 Å². The normalized spacial score (nSPS) is 10.6. The monoisotopic (exact) mass is 638 g/mol. The van der Waals surface area contributed by atoms with Crippen molar-refractivity contribution >= 4 is 44.5 Å². The average Bonchev–Trinajstić information content (AvgIpc) is 3.06. The second kappa shape index (κ2) is 22.7. The van der Waals surface area contributed by atoms with Gasteiger partial charge in [-0.15, -0.1) is 0 Å². The number of rotatable bonds is 7. The maximum atomic E-state index is 9.78. The highest BCUT2D eigenvalue weighted by Crippen LogP contribution is 2.22. The van der Waals surface area contributed by atoms with Gasteiger partial charge in [0.15, 0.2) is 0 Å². The maximum absolute atomic E-state index is 9.78. The van der Waals surface area contributed by atoms with E-state index < -0.39 is 20.2 Å². The molecule has 0 aliphatic heterocycles.